The number of rotatable bonds is 5. The third-order valence-electron chi connectivity index (χ3n) is 5.67. The maximum absolute atomic E-state index is 6.16. The third kappa shape index (κ3) is 3.67. The maximum atomic E-state index is 6.16. The van der Waals surface area contributed by atoms with E-state index in [1.165, 1.54) is 0 Å². The van der Waals surface area contributed by atoms with Crippen molar-refractivity contribution in [2.24, 2.45) is 21.6 Å². The van der Waals surface area contributed by atoms with Gasteiger partial charge in [-0.05, 0) is 55.0 Å². The average Bonchev–Trinajstić information content (AvgIpc) is 3.03. The summed E-state index contributed by atoms with van der Waals surface area (Å²) in [5.74, 6) is 1.91. The van der Waals surface area contributed by atoms with Gasteiger partial charge >= 0.3 is 0 Å². The number of ether oxygens (including phenoxy) is 2. The number of amidine groups is 1. The molecule has 28 heavy (non-hydrogen) atoms. The van der Waals surface area contributed by atoms with Gasteiger partial charge in [-0.2, -0.15) is 0 Å². The lowest BCUT2D eigenvalue weighted by molar-refractivity contribution is 0.0567. The molecule has 5 nitrogen and oxygen atoms in total. The Kier molecular flexibility index (Phi) is 5.18. The number of aliphatic imine (C=N–C) groups is 2. The van der Waals surface area contributed by atoms with Gasteiger partial charge in [0.05, 0.1) is 12.8 Å². The van der Waals surface area contributed by atoms with E-state index in [9.17, 15) is 0 Å². The Morgan fingerprint density at radius 3 is 2.46 bits per heavy atom. The standard InChI is InChI=1S/C23H27N3O2/c1-16-22(24)26-23(25-16,15-17-9-11-28-12-10-17)20-7-3-5-18(13-20)19-6-4-8-21(14-19)27-2/h3-8,13-14,17H,9-12,15H2,1-2H3,(H2,24,26). The van der Waals surface area contributed by atoms with Crippen molar-refractivity contribution in [3.05, 3.63) is 54.1 Å². The molecule has 0 saturated carbocycles. The Bertz CT molecular complexity index is 896. The lowest BCUT2D eigenvalue weighted by Crippen LogP contribution is -2.27. The molecular weight excluding hydrogens is 350 g/mol. The fourth-order valence-corrected chi connectivity index (χ4v) is 4.08. The van der Waals surface area contributed by atoms with Crippen molar-refractivity contribution < 1.29 is 9.47 Å². The fraction of sp³-hybridized carbons (Fsp3) is 0.391. The first kappa shape index (κ1) is 18.7. The van der Waals surface area contributed by atoms with Crippen molar-refractivity contribution in [3.63, 3.8) is 0 Å². The normalized spacial score (nSPS) is 22.6. The second-order valence-corrected chi connectivity index (χ2v) is 7.58. The van der Waals surface area contributed by atoms with Crippen LogP contribution in [0.5, 0.6) is 5.75 Å². The minimum absolute atomic E-state index is 0.528. The summed E-state index contributed by atoms with van der Waals surface area (Å²) in [6, 6.07) is 16.6. The lowest BCUT2D eigenvalue weighted by atomic mass is 9.84. The van der Waals surface area contributed by atoms with Crippen LogP contribution < -0.4 is 10.5 Å². The Balaban J connectivity index is 1.73. The molecule has 2 aromatic carbocycles. The Labute approximate surface area is 166 Å². The summed E-state index contributed by atoms with van der Waals surface area (Å²) < 4.78 is 10.9. The fourth-order valence-electron chi connectivity index (χ4n) is 4.08. The zero-order valence-electron chi connectivity index (χ0n) is 16.5. The van der Waals surface area contributed by atoms with E-state index in [2.05, 4.69) is 30.3 Å². The molecule has 2 aliphatic rings. The van der Waals surface area contributed by atoms with Crippen LogP contribution in [-0.4, -0.2) is 31.9 Å². The summed E-state index contributed by atoms with van der Waals surface area (Å²) in [6.45, 7) is 3.56. The molecule has 1 unspecified atom stereocenters. The molecule has 0 amide bonds. The van der Waals surface area contributed by atoms with Crippen LogP contribution in [0.2, 0.25) is 0 Å². The zero-order chi connectivity index (χ0) is 19.6. The van der Waals surface area contributed by atoms with Gasteiger partial charge in [-0.25, -0.2) is 4.99 Å². The number of hydrogen-bond acceptors (Lipinski definition) is 5. The van der Waals surface area contributed by atoms with E-state index in [-0.39, 0.29) is 0 Å². The molecule has 1 atom stereocenters. The van der Waals surface area contributed by atoms with Gasteiger partial charge in [0, 0.05) is 25.2 Å². The molecule has 2 aromatic rings. The highest BCUT2D eigenvalue weighted by Gasteiger charge is 2.39. The molecular formula is C23H27N3O2. The van der Waals surface area contributed by atoms with Gasteiger partial charge in [-0.15, -0.1) is 0 Å². The zero-order valence-corrected chi connectivity index (χ0v) is 16.5. The first-order valence-electron chi connectivity index (χ1n) is 9.84. The molecule has 2 aliphatic heterocycles. The van der Waals surface area contributed by atoms with E-state index in [1.54, 1.807) is 7.11 Å². The van der Waals surface area contributed by atoms with Gasteiger partial charge in [0.1, 0.15) is 11.6 Å². The topological polar surface area (TPSA) is 69.2 Å². The summed E-state index contributed by atoms with van der Waals surface area (Å²) in [6.07, 6.45) is 2.94. The van der Waals surface area contributed by atoms with Crippen LogP contribution in [0.1, 0.15) is 31.7 Å². The van der Waals surface area contributed by atoms with Gasteiger partial charge in [0.15, 0.2) is 5.66 Å². The highest BCUT2D eigenvalue weighted by Crippen LogP contribution is 2.41. The van der Waals surface area contributed by atoms with Crippen LogP contribution in [0.25, 0.3) is 11.1 Å². The summed E-state index contributed by atoms with van der Waals surface area (Å²) in [5.41, 5.74) is 9.66. The first-order chi connectivity index (χ1) is 13.6. The minimum atomic E-state index is -0.634. The smallest absolute Gasteiger partial charge is 0.178 e. The second kappa shape index (κ2) is 7.76. The first-order valence-corrected chi connectivity index (χ1v) is 9.84. The molecule has 0 bridgehead atoms. The summed E-state index contributed by atoms with van der Waals surface area (Å²) in [5, 5.41) is 0. The third-order valence-corrected chi connectivity index (χ3v) is 5.67. The Morgan fingerprint density at radius 1 is 1.07 bits per heavy atom. The molecule has 1 fully saturated rings. The van der Waals surface area contributed by atoms with Gasteiger partial charge in [0.2, 0.25) is 0 Å². The molecule has 0 radical (unpaired) electrons. The molecule has 5 heteroatoms. The van der Waals surface area contributed by atoms with E-state index in [0.717, 1.165) is 60.6 Å². The van der Waals surface area contributed by atoms with Crippen LogP contribution in [0.4, 0.5) is 0 Å². The number of hydrogen-bond donors (Lipinski definition) is 1. The highest BCUT2D eigenvalue weighted by molar-refractivity contribution is 6.41. The number of benzene rings is 2. The Hall–Kier alpha value is -2.66. The molecule has 4 rings (SSSR count). The highest BCUT2D eigenvalue weighted by atomic mass is 16.5. The van der Waals surface area contributed by atoms with Crippen molar-refractivity contribution in [1.29, 1.82) is 0 Å². The van der Waals surface area contributed by atoms with Crippen LogP contribution in [-0.2, 0) is 10.4 Å². The Morgan fingerprint density at radius 2 is 1.79 bits per heavy atom. The van der Waals surface area contributed by atoms with Crippen molar-refractivity contribution >= 4 is 11.5 Å². The monoisotopic (exact) mass is 377 g/mol. The van der Waals surface area contributed by atoms with E-state index >= 15 is 0 Å². The van der Waals surface area contributed by atoms with Crippen LogP contribution in [0.15, 0.2) is 58.5 Å². The molecule has 0 spiro atoms. The van der Waals surface area contributed by atoms with E-state index in [4.69, 9.17) is 25.2 Å². The van der Waals surface area contributed by atoms with Crippen molar-refractivity contribution in [2.75, 3.05) is 20.3 Å². The average molecular weight is 377 g/mol. The molecule has 0 aromatic heterocycles. The van der Waals surface area contributed by atoms with Crippen molar-refractivity contribution in [2.45, 2.75) is 31.8 Å². The molecule has 2 heterocycles. The van der Waals surface area contributed by atoms with Gasteiger partial charge < -0.3 is 15.2 Å². The molecule has 2 N–H and O–H groups in total. The number of methoxy groups -OCH3 is 1. The van der Waals surface area contributed by atoms with Gasteiger partial charge in [-0.3, -0.25) is 4.99 Å². The number of nitrogens with zero attached hydrogens (tertiary/aromatic N) is 2. The predicted molar refractivity (Wildman–Crippen MR) is 113 cm³/mol. The van der Waals surface area contributed by atoms with Crippen molar-refractivity contribution in [1.82, 2.24) is 0 Å². The predicted octanol–water partition coefficient (Wildman–Crippen LogP) is 4.16. The maximum Gasteiger partial charge on any atom is 0.178 e. The molecule has 146 valence electrons. The van der Waals surface area contributed by atoms with Gasteiger partial charge in [-0.1, -0.05) is 30.3 Å². The van der Waals surface area contributed by atoms with Crippen molar-refractivity contribution in [3.8, 4) is 16.9 Å². The lowest BCUT2D eigenvalue weighted by Gasteiger charge is -2.31. The van der Waals surface area contributed by atoms with E-state index in [1.807, 2.05) is 25.1 Å². The SMILES string of the molecule is COc1cccc(-c2cccc(C3(CC4CCOCC4)N=C(C)C(N)=N3)c2)c1. The molecule has 0 aliphatic carbocycles. The number of nitrogens with two attached hydrogens (primary N) is 1. The summed E-state index contributed by atoms with van der Waals surface area (Å²) >= 11 is 0. The van der Waals surface area contributed by atoms with E-state index in [0.29, 0.717) is 11.8 Å². The second-order valence-electron chi connectivity index (χ2n) is 7.58. The summed E-state index contributed by atoms with van der Waals surface area (Å²) in [4.78, 5) is 9.82. The van der Waals surface area contributed by atoms with Crippen LogP contribution in [0.3, 0.4) is 0 Å². The summed E-state index contributed by atoms with van der Waals surface area (Å²) in [7, 11) is 1.69. The van der Waals surface area contributed by atoms with Gasteiger partial charge in [0.25, 0.3) is 0 Å². The minimum Gasteiger partial charge on any atom is -0.497 e. The van der Waals surface area contributed by atoms with Crippen LogP contribution in [0, 0.1) is 5.92 Å². The van der Waals surface area contributed by atoms with E-state index < -0.39 is 5.66 Å². The quantitative estimate of drug-likeness (QED) is 0.850. The largest absolute Gasteiger partial charge is 0.497 e. The molecule has 1 saturated heterocycles. The van der Waals surface area contributed by atoms with Crippen LogP contribution >= 0.6 is 0 Å².